The van der Waals surface area contributed by atoms with Gasteiger partial charge in [-0.15, -0.1) is 0 Å². The average Bonchev–Trinajstić information content (AvgIpc) is 2.54. The van der Waals surface area contributed by atoms with Crippen LogP contribution in [0.3, 0.4) is 0 Å². The Morgan fingerprint density at radius 1 is 1.35 bits per heavy atom. The molecule has 1 saturated heterocycles. The number of primary amides is 1. The van der Waals surface area contributed by atoms with Crippen LogP contribution in [-0.2, 0) is 14.3 Å². The Labute approximate surface area is 144 Å². The Morgan fingerprint density at radius 2 is 2.09 bits per heavy atom. The normalized spacial score (nSPS) is 15.4. The number of ether oxygens (including phenoxy) is 1. The first-order chi connectivity index (χ1) is 11.0. The molecule has 126 valence electrons. The SMILES string of the molecule is NC(=O)COC(=O)CCCC1CCN(c2ccc(Br)cn2)CC1. The van der Waals surface area contributed by atoms with Crippen LogP contribution in [0, 0.1) is 5.92 Å². The fourth-order valence-corrected chi connectivity index (χ4v) is 3.00. The number of aromatic nitrogens is 1. The quantitative estimate of drug-likeness (QED) is 0.729. The van der Waals surface area contributed by atoms with Crippen molar-refractivity contribution in [2.24, 2.45) is 11.7 Å². The van der Waals surface area contributed by atoms with Crippen LogP contribution < -0.4 is 10.6 Å². The van der Waals surface area contributed by atoms with Gasteiger partial charge in [0.1, 0.15) is 5.82 Å². The first-order valence-corrected chi connectivity index (χ1v) is 8.64. The van der Waals surface area contributed by atoms with Gasteiger partial charge in [-0.25, -0.2) is 4.98 Å². The van der Waals surface area contributed by atoms with Crippen molar-refractivity contribution in [2.75, 3.05) is 24.6 Å². The molecule has 1 aliphatic rings. The molecule has 0 spiro atoms. The predicted octanol–water partition coefficient (Wildman–Crippen LogP) is 2.26. The Bertz CT molecular complexity index is 528. The highest BCUT2D eigenvalue weighted by molar-refractivity contribution is 9.10. The number of carbonyl (C=O) groups excluding carboxylic acids is 2. The Hall–Kier alpha value is -1.63. The number of esters is 1. The fourth-order valence-electron chi connectivity index (χ4n) is 2.76. The summed E-state index contributed by atoms with van der Waals surface area (Å²) >= 11 is 3.39. The number of hydrogen-bond acceptors (Lipinski definition) is 5. The molecule has 7 heteroatoms. The predicted molar refractivity (Wildman–Crippen MR) is 90.9 cm³/mol. The van der Waals surface area contributed by atoms with Crippen LogP contribution in [0.5, 0.6) is 0 Å². The van der Waals surface area contributed by atoms with Gasteiger partial charge in [-0.3, -0.25) is 9.59 Å². The minimum Gasteiger partial charge on any atom is -0.456 e. The van der Waals surface area contributed by atoms with E-state index < -0.39 is 5.91 Å². The van der Waals surface area contributed by atoms with Crippen LogP contribution >= 0.6 is 15.9 Å². The lowest BCUT2D eigenvalue weighted by molar-refractivity contribution is -0.147. The van der Waals surface area contributed by atoms with Crippen molar-refractivity contribution in [1.82, 2.24) is 4.98 Å². The fraction of sp³-hybridized carbons (Fsp3) is 0.562. The van der Waals surface area contributed by atoms with Crippen molar-refractivity contribution in [3.63, 3.8) is 0 Å². The van der Waals surface area contributed by atoms with Gasteiger partial charge in [0.15, 0.2) is 6.61 Å². The maximum atomic E-state index is 11.4. The zero-order valence-corrected chi connectivity index (χ0v) is 14.6. The molecule has 2 rings (SSSR count). The Kier molecular flexibility index (Phi) is 6.83. The largest absolute Gasteiger partial charge is 0.456 e. The van der Waals surface area contributed by atoms with Gasteiger partial charge in [0, 0.05) is 30.2 Å². The van der Waals surface area contributed by atoms with Crippen molar-refractivity contribution in [3.05, 3.63) is 22.8 Å². The van der Waals surface area contributed by atoms with Crippen LogP contribution in [0.25, 0.3) is 0 Å². The molecule has 0 atom stereocenters. The summed E-state index contributed by atoms with van der Waals surface area (Å²) in [5.74, 6) is 0.680. The highest BCUT2D eigenvalue weighted by Gasteiger charge is 2.20. The lowest BCUT2D eigenvalue weighted by atomic mass is 9.91. The van der Waals surface area contributed by atoms with E-state index in [1.54, 1.807) is 0 Å². The van der Waals surface area contributed by atoms with E-state index in [9.17, 15) is 9.59 Å². The second-order valence-corrected chi connectivity index (χ2v) is 6.70. The highest BCUT2D eigenvalue weighted by atomic mass is 79.9. The summed E-state index contributed by atoms with van der Waals surface area (Å²) in [5.41, 5.74) is 4.93. The van der Waals surface area contributed by atoms with Crippen LogP contribution in [0.1, 0.15) is 32.1 Å². The number of anilines is 1. The molecule has 0 unspecified atom stereocenters. The number of carbonyl (C=O) groups is 2. The molecule has 6 nitrogen and oxygen atoms in total. The minimum atomic E-state index is -0.618. The van der Waals surface area contributed by atoms with Crippen LogP contribution in [0.15, 0.2) is 22.8 Å². The summed E-state index contributed by atoms with van der Waals surface area (Å²) < 4.78 is 5.73. The van der Waals surface area contributed by atoms with E-state index in [1.807, 2.05) is 18.3 Å². The van der Waals surface area contributed by atoms with E-state index in [0.717, 1.165) is 49.1 Å². The molecule has 0 saturated carbocycles. The second-order valence-electron chi connectivity index (χ2n) is 5.78. The molecule has 1 aliphatic heterocycles. The van der Waals surface area contributed by atoms with Gasteiger partial charge >= 0.3 is 5.97 Å². The molecule has 1 fully saturated rings. The Morgan fingerprint density at radius 3 is 2.70 bits per heavy atom. The van der Waals surface area contributed by atoms with Crippen molar-refractivity contribution < 1.29 is 14.3 Å². The van der Waals surface area contributed by atoms with Gasteiger partial charge < -0.3 is 15.4 Å². The maximum Gasteiger partial charge on any atom is 0.306 e. The zero-order chi connectivity index (χ0) is 16.7. The van der Waals surface area contributed by atoms with Crippen molar-refractivity contribution in [2.45, 2.75) is 32.1 Å². The third-order valence-electron chi connectivity index (χ3n) is 4.02. The minimum absolute atomic E-state index is 0.322. The molecule has 0 aliphatic carbocycles. The number of nitrogens with two attached hydrogens (primary N) is 1. The number of pyridine rings is 1. The van der Waals surface area contributed by atoms with Gasteiger partial charge in [0.2, 0.25) is 0 Å². The summed E-state index contributed by atoms with van der Waals surface area (Å²) in [6.45, 7) is 1.66. The van der Waals surface area contributed by atoms with Crippen LogP contribution in [0.2, 0.25) is 0 Å². The van der Waals surface area contributed by atoms with E-state index in [4.69, 9.17) is 10.5 Å². The number of amides is 1. The average molecular weight is 384 g/mol. The number of hydrogen-bond donors (Lipinski definition) is 1. The van der Waals surface area contributed by atoms with Crippen molar-refractivity contribution in [3.8, 4) is 0 Å². The highest BCUT2D eigenvalue weighted by Crippen LogP contribution is 2.26. The van der Waals surface area contributed by atoms with E-state index >= 15 is 0 Å². The standard InChI is InChI=1S/C16H22BrN3O3/c17-13-4-5-15(19-10-13)20-8-6-12(7-9-20)2-1-3-16(22)23-11-14(18)21/h4-5,10,12H,1-3,6-9,11H2,(H2,18,21). The van der Waals surface area contributed by atoms with E-state index in [2.05, 4.69) is 25.8 Å². The summed E-state index contributed by atoms with van der Waals surface area (Å²) in [4.78, 5) is 28.7. The third kappa shape index (κ3) is 6.17. The van der Waals surface area contributed by atoms with Crippen molar-refractivity contribution in [1.29, 1.82) is 0 Å². The number of halogens is 1. The van der Waals surface area contributed by atoms with Gasteiger partial charge in [-0.2, -0.15) is 0 Å². The molecule has 1 amide bonds. The molecule has 23 heavy (non-hydrogen) atoms. The van der Waals surface area contributed by atoms with E-state index in [1.165, 1.54) is 0 Å². The molecular formula is C16H22BrN3O3. The number of piperidine rings is 1. The lowest BCUT2D eigenvalue weighted by Gasteiger charge is -2.32. The van der Waals surface area contributed by atoms with Gasteiger partial charge in [-0.05, 0) is 59.7 Å². The third-order valence-corrected chi connectivity index (χ3v) is 4.49. The number of nitrogens with zero attached hydrogens (tertiary/aromatic N) is 2. The topological polar surface area (TPSA) is 85.5 Å². The van der Waals surface area contributed by atoms with Gasteiger partial charge in [-0.1, -0.05) is 0 Å². The zero-order valence-electron chi connectivity index (χ0n) is 13.0. The molecule has 2 heterocycles. The van der Waals surface area contributed by atoms with Crippen molar-refractivity contribution >= 4 is 33.6 Å². The first-order valence-electron chi connectivity index (χ1n) is 7.85. The molecule has 1 aromatic rings. The maximum absolute atomic E-state index is 11.4. The second kappa shape index (κ2) is 8.86. The van der Waals surface area contributed by atoms with E-state index in [-0.39, 0.29) is 12.6 Å². The molecule has 2 N–H and O–H groups in total. The summed E-state index contributed by atoms with van der Waals surface area (Å²) in [7, 11) is 0. The molecule has 0 bridgehead atoms. The van der Waals surface area contributed by atoms with Gasteiger partial charge in [0.25, 0.3) is 5.91 Å². The first kappa shape index (κ1) is 17.7. The smallest absolute Gasteiger partial charge is 0.306 e. The molecule has 0 radical (unpaired) electrons. The molecule has 0 aromatic carbocycles. The molecule has 1 aromatic heterocycles. The monoisotopic (exact) mass is 383 g/mol. The summed E-state index contributed by atoms with van der Waals surface area (Å²) in [6.07, 6.45) is 6.18. The number of rotatable bonds is 7. The van der Waals surface area contributed by atoms with Gasteiger partial charge in [0.05, 0.1) is 0 Å². The Balaban J connectivity index is 1.64. The van der Waals surface area contributed by atoms with Crippen LogP contribution in [0.4, 0.5) is 5.82 Å². The molecular weight excluding hydrogens is 362 g/mol. The van der Waals surface area contributed by atoms with Crippen LogP contribution in [-0.4, -0.2) is 36.6 Å². The summed E-state index contributed by atoms with van der Waals surface area (Å²) in [5, 5.41) is 0. The summed E-state index contributed by atoms with van der Waals surface area (Å²) in [6, 6.07) is 4.03. The van der Waals surface area contributed by atoms with E-state index in [0.29, 0.717) is 12.3 Å². The lowest BCUT2D eigenvalue weighted by Crippen LogP contribution is -2.34.